The molecule has 0 unspecified atom stereocenters. The molecule has 2 aliphatic heterocycles. The zero-order valence-electron chi connectivity index (χ0n) is 50.5. The van der Waals surface area contributed by atoms with Crippen LogP contribution in [0.5, 0.6) is 0 Å². The minimum absolute atomic E-state index is 0. The third kappa shape index (κ3) is 15.3. The summed E-state index contributed by atoms with van der Waals surface area (Å²) >= 11 is 4.50. The minimum atomic E-state index is -3.92. The Kier molecular flexibility index (Phi) is 20.3. The molecule has 12 aromatic rings. The standard InChI is InChI=1S/C56H34N8O6S3.C13H13N3.CH4O3S.Cu/c1-68-54(65)29-17-23-32(24-18-29)71-40-14-6-11-37-43(40)52-60-48(37)58-46-35-9-4-5-10-36(35)47(57-46)59-51-44-38(12-7-15-41(44)72-33-25-19-30(20-26-33)55(66)69-2)49(61-51)63-53-45-39(50(62-52)64-53)13-8-16-42(45)73-34-27-21-31(22-28-34)56(67)70-3;14-13(15-11-7-3-1-4-8-11)16-12-9-5-2-6-10-12;1-5(2,3)4;/h4-28H,1-3H3;1-10H,(H3,14,15,16);1H3,(H,2,3,4);/q-2;;;+2. The predicted octanol–water partition coefficient (Wildman–Crippen LogP) is 11.9. The molecule has 475 valence electrons. The maximum absolute atomic E-state index is 12.4. The van der Waals surface area contributed by atoms with Crippen LogP contribution >= 0.6 is 35.3 Å². The van der Waals surface area contributed by atoms with Crippen molar-refractivity contribution < 1.29 is 63.6 Å². The smallest absolute Gasteiger partial charge is 0.748 e. The Bertz CT molecular complexity index is 5140. The van der Waals surface area contributed by atoms with E-state index >= 15 is 0 Å². The van der Waals surface area contributed by atoms with Gasteiger partial charge in [-0.25, -0.2) is 43.1 Å². The molecule has 4 N–H and O–H groups in total. The van der Waals surface area contributed by atoms with E-state index in [0.29, 0.717) is 74.8 Å². The van der Waals surface area contributed by atoms with Crippen LogP contribution in [0.1, 0.15) is 31.1 Å². The molecule has 25 heteroatoms. The van der Waals surface area contributed by atoms with Gasteiger partial charge in [0, 0.05) is 85.9 Å². The maximum atomic E-state index is 12.4. The van der Waals surface area contributed by atoms with Gasteiger partial charge < -0.3 is 48.7 Å². The normalized spacial score (nSPS) is 11.4. The van der Waals surface area contributed by atoms with Gasteiger partial charge in [-0.3, -0.25) is 5.73 Å². The summed E-state index contributed by atoms with van der Waals surface area (Å²) in [5, 5.41) is 6.07. The molecule has 3 aromatic heterocycles. The van der Waals surface area contributed by atoms with Crippen LogP contribution in [-0.2, 0) is 41.4 Å². The molecule has 14 rings (SSSR count). The molecular formula is C70H51CuN11O9S4. The Hall–Kier alpha value is -10.5. The Morgan fingerprint density at radius 2 is 0.811 bits per heavy atom. The second kappa shape index (κ2) is 29.2. The van der Waals surface area contributed by atoms with Gasteiger partial charge in [-0.1, -0.05) is 132 Å². The number of fused-ring (bicyclic) bond motifs is 20. The van der Waals surface area contributed by atoms with Crippen LogP contribution in [0.4, 0.5) is 11.4 Å². The summed E-state index contributed by atoms with van der Waals surface area (Å²) in [4.78, 5) is 86.9. The van der Waals surface area contributed by atoms with Gasteiger partial charge in [0.05, 0.1) is 82.8 Å². The quantitative estimate of drug-likeness (QED) is 0.0271. The van der Waals surface area contributed by atoms with Crippen LogP contribution in [0, 0.1) is 0 Å². The summed E-state index contributed by atoms with van der Waals surface area (Å²) in [6.07, 6.45) is 0.604. The molecule has 0 saturated carbocycles. The number of benzene rings is 9. The second-order valence-corrected chi connectivity index (χ2v) is 25.3. The summed E-state index contributed by atoms with van der Waals surface area (Å²) in [6, 6.07) is 66.8. The van der Waals surface area contributed by atoms with Crippen molar-refractivity contribution in [2.45, 2.75) is 29.4 Å². The van der Waals surface area contributed by atoms with Gasteiger partial charge in [-0.05, 0) is 131 Å². The monoisotopic (exact) mass is 1380 g/mol. The molecule has 8 bridgehead atoms. The van der Waals surface area contributed by atoms with Gasteiger partial charge in [0.25, 0.3) is 0 Å². The fourth-order valence-electron chi connectivity index (χ4n) is 10.0. The van der Waals surface area contributed by atoms with Gasteiger partial charge >= 0.3 is 40.9 Å². The molecule has 0 amide bonds. The fourth-order valence-corrected chi connectivity index (χ4v) is 12.9. The zero-order chi connectivity index (χ0) is 65.5. The molecular weight excluding hydrogens is 1330 g/mol. The van der Waals surface area contributed by atoms with Crippen LogP contribution in [0.2, 0.25) is 0 Å². The largest absolute Gasteiger partial charge is 2.00 e. The number of hydrogen-bond acceptors (Lipinski definition) is 18. The van der Waals surface area contributed by atoms with E-state index in [1.54, 1.807) is 36.4 Å². The van der Waals surface area contributed by atoms with Crippen LogP contribution in [-0.4, -0.2) is 94.3 Å². The van der Waals surface area contributed by atoms with Gasteiger partial charge in [0.2, 0.25) is 0 Å². The number of nitrogens with zero attached hydrogens (tertiary/aromatic N) is 8. The van der Waals surface area contributed by atoms with E-state index in [4.69, 9.17) is 72.8 Å². The van der Waals surface area contributed by atoms with Gasteiger partial charge in [0.15, 0.2) is 0 Å². The van der Waals surface area contributed by atoms with Gasteiger partial charge in [-0.15, -0.1) is 0 Å². The van der Waals surface area contributed by atoms with Crippen LogP contribution < -0.4 is 26.0 Å². The maximum Gasteiger partial charge on any atom is 2.00 e. The Morgan fingerprint density at radius 3 is 1.26 bits per heavy atom. The molecule has 0 aliphatic carbocycles. The molecule has 95 heavy (non-hydrogen) atoms. The topological polar surface area (TPSA) is 294 Å². The van der Waals surface area contributed by atoms with E-state index in [2.05, 4.69) is 10.3 Å². The minimum Gasteiger partial charge on any atom is -0.748 e. The Labute approximate surface area is 567 Å². The number of guanidine groups is 1. The van der Waals surface area contributed by atoms with Crippen molar-refractivity contribution in [3.63, 3.8) is 0 Å². The first-order valence-electron chi connectivity index (χ1n) is 28.5. The number of para-hydroxylation sites is 2. The number of nitrogens with one attached hydrogen (secondary N) is 2. The number of methoxy groups -OCH3 is 3. The van der Waals surface area contributed by atoms with Crippen molar-refractivity contribution in [1.29, 1.82) is 0 Å². The number of carbonyl (C=O) groups is 3. The third-order valence-corrected chi connectivity index (χ3v) is 17.4. The van der Waals surface area contributed by atoms with Gasteiger partial charge in [-0.2, -0.15) is 0 Å². The number of esters is 3. The van der Waals surface area contributed by atoms with Crippen molar-refractivity contribution in [3.05, 3.63) is 229 Å². The zero-order valence-corrected chi connectivity index (χ0v) is 54.7. The first kappa shape index (κ1) is 66.0. The van der Waals surface area contributed by atoms with Crippen LogP contribution in [0.25, 0.3) is 89.7 Å². The van der Waals surface area contributed by atoms with Crippen LogP contribution in [0.15, 0.2) is 242 Å². The number of nitrogens with two attached hydrogens (primary N) is 1. The van der Waals surface area contributed by atoms with E-state index in [9.17, 15) is 14.4 Å². The van der Waals surface area contributed by atoms with Crippen molar-refractivity contribution in [3.8, 4) is 45.6 Å². The average molecular weight is 1380 g/mol. The molecule has 9 aromatic carbocycles. The number of aromatic nitrogens is 8. The van der Waals surface area contributed by atoms with Crippen molar-refractivity contribution in [2.24, 2.45) is 5.73 Å². The molecule has 0 spiro atoms. The molecule has 0 fully saturated rings. The summed E-state index contributed by atoms with van der Waals surface area (Å²) in [6.45, 7) is 0. The third-order valence-electron chi connectivity index (χ3n) is 14.2. The average Bonchev–Trinajstić information content (AvgIpc) is 1.60. The van der Waals surface area contributed by atoms with Crippen molar-refractivity contribution in [2.75, 3.05) is 32.9 Å². The Balaban J connectivity index is 0.000000357. The van der Waals surface area contributed by atoms with E-state index in [0.717, 1.165) is 84.5 Å². The number of hydrogen-bond donors (Lipinski definition) is 3. The van der Waals surface area contributed by atoms with Crippen LogP contribution in [0.3, 0.4) is 0 Å². The molecule has 5 heterocycles. The summed E-state index contributed by atoms with van der Waals surface area (Å²) in [7, 11) is 0.155. The molecule has 1 radical (unpaired) electrons. The fraction of sp³-hybridized carbons (Fsp3) is 0.0571. The number of rotatable bonds is 11. The van der Waals surface area contributed by atoms with E-state index in [1.165, 1.54) is 56.6 Å². The summed E-state index contributed by atoms with van der Waals surface area (Å²) in [5.41, 5.74) is 13.6. The molecule has 0 saturated heterocycles. The molecule has 20 nitrogen and oxygen atoms in total. The predicted molar refractivity (Wildman–Crippen MR) is 362 cm³/mol. The second-order valence-electron chi connectivity index (χ2n) is 20.5. The van der Waals surface area contributed by atoms with E-state index < -0.39 is 28.0 Å². The van der Waals surface area contributed by atoms with Gasteiger partial charge in [0.1, 0.15) is 0 Å². The Morgan fingerprint density at radius 1 is 0.453 bits per heavy atom. The summed E-state index contributed by atoms with van der Waals surface area (Å²) in [5.74, 6) is 0.819. The summed E-state index contributed by atoms with van der Waals surface area (Å²) < 4.78 is 42.1. The van der Waals surface area contributed by atoms with Crippen molar-refractivity contribution >= 4 is 125 Å². The number of anilines is 1. The van der Waals surface area contributed by atoms with Crippen molar-refractivity contribution in [1.82, 2.24) is 39.9 Å². The number of ether oxygens (including phenoxy) is 3. The SMILES string of the molecule is COC(=O)c1ccc(Sc2cccc3c2-c2nc-3nc3[n-]c(nc4nc(nc5[n-]c(n2)c2ccccc52)-c2cccc(Sc5ccc(C(=O)OC)cc5)c2-4)c2cccc(Sc4ccc(C(=O)OC)cc4)c32)cc1.CS(=O)(=O)[O-].NC(Nc1ccccc1)=[NH+]c1ccccc1.[Cu+2]. The first-order valence-corrected chi connectivity index (χ1v) is 32.8. The number of carbonyl (C=O) groups excluding carboxylic acids is 3. The molecule has 0 atom stereocenters. The first-order chi connectivity index (χ1) is 45.6. The molecule has 2 aliphatic rings. The van der Waals surface area contributed by atoms with E-state index in [1.807, 2.05) is 176 Å². The van der Waals surface area contributed by atoms with E-state index in [-0.39, 0.29) is 17.1 Å².